The fourth-order valence-corrected chi connectivity index (χ4v) is 2.03. The van der Waals surface area contributed by atoms with E-state index in [1.807, 2.05) is 32.0 Å². The lowest BCUT2D eigenvalue weighted by molar-refractivity contribution is 0.101. The van der Waals surface area contributed by atoms with Crippen LogP contribution in [0.15, 0.2) is 36.4 Å². The molecule has 0 heterocycles. The highest BCUT2D eigenvalue weighted by molar-refractivity contribution is 5.95. The van der Waals surface area contributed by atoms with Gasteiger partial charge in [-0.1, -0.05) is 24.3 Å². The molecule has 0 saturated heterocycles. The van der Waals surface area contributed by atoms with Gasteiger partial charge in [0.15, 0.2) is 5.78 Å². The molecule has 0 saturated carbocycles. The van der Waals surface area contributed by atoms with E-state index in [0.717, 1.165) is 16.7 Å². The van der Waals surface area contributed by atoms with Crippen molar-refractivity contribution in [2.75, 3.05) is 0 Å². The molecule has 0 aliphatic carbocycles. The van der Waals surface area contributed by atoms with Crippen LogP contribution in [0.3, 0.4) is 0 Å². The van der Waals surface area contributed by atoms with Gasteiger partial charge in [0.1, 0.15) is 5.82 Å². The summed E-state index contributed by atoms with van der Waals surface area (Å²) in [6, 6.07) is 10.7. The predicted octanol–water partition coefficient (Wildman–Crippen LogP) is 4.31. The van der Waals surface area contributed by atoms with Crippen molar-refractivity contribution in [3.8, 4) is 11.1 Å². The van der Waals surface area contributed by atoms with Crippen molar-refractivity contribution in [3.63, 3.8) is 0 Å². The molecule has 2 aromatic rings. The lowest BCUT2D eigenvalue weighted by Crippen LogP contribution is -1.98. The molecule has 92 valence electrons. The number of carbonyl (C=O) groups excluding carboxylic acids is 1. The fourth-order valence-electron chi connectivity index (χ4n) is 2.03. The third-order valence-electron chi connectivity index (χ3n) is 3.26. The van der Waals surface area contributed by atoms with E-state index in [2.05, 4.69) is 0 Å². The van der Waals surface area contributed by atoms with Crippen molar-refractivity contribution in [1.82, 2.24) is 0 Å². The summed E-state index contributed by atoms with van der Waals surface area (Å²) in [6.07, 6.45) is 0. The van der Waals surface area contributed by atoms with Crippen LogP contribution in [-0.4, -0.2) is 5.78 Å². The summed E-state index contributed by atoms with van der Waals surface area (Å²) in [5, 5.41) is 0. The first kappa shape index (κ1) is 12.5. The van der Waals surface area contributed by atoms with Crippen LogP contribution in [0.4, 0.5) is 4.39 Å². The van der Waals surface area contributed by atoms with Crippen LogP contribution in [0.1, 0.15) is 28.4 Å². The van der Waals surface area contributed by atoms with Crippen molar-refractivity contribution in [1.29, 1.82) is 0 Å². The molecule has 0 aromatic heterocycles. The monoisotopic (exact) mass is 242 g/mol. The molecule has 18 heavy (non-hydrogen) atoms. The molecule has 0 radical (unpaired) electrons. The number of Topliss-reactive ketones (excluding diaryl/α,β-unsaturated/α-hetero) is 1. The maximum absolute atomic E-state index is 13.5. The lowest BCUT2D eigenvalue weighted by atomic mass is 9.95. The van der Waals surface area contributed by atoms with Gasteiger partial charge in [-0.2, -0.15) is 0 Å². The van der Waals surface area contributed by atoms with Gasteiger partial charge >= 0.3 is 0 Å². The van der Waals surface area contributed by atoms with Gasteiger partial charge in [0.25, 0.3) is 0 Å². The Bertz CT molecular complexity index is 614. The maximum atomic E-state index is 13.5. The standard InChI is InChI=1S/C16H15FO/c1-10-5-4-6-14(11(10)2)13-7-8-16(17)15(9-13)12(3)18/h4-9H,1-3H3. The van der Waals surface area contributed by atoms with Crippen LogP contribution < -0.4 is 0 Å². The zero-order valence-electron chi connectivity index (χ0n) is 10.8. The number of carbonyl (C=O) groups is 1. The summed E-state index contributed by atoms with van der Waals surface area (Å²) in [5.74, 6) is -0.712. The lowest BCUT2D eigenvalue weighted by Gasteiger charge is -2.10. The maximum Gasteiger partial charge on any atom is 0.162 e. The SMILES string of the molecule is CC(=O)c1cc(-c2cccc(C)c2C)ccc1F. The minimum Gasteiger partial charge on any atom is -0.294 e. The molecule has 0 aliphatic rings. The predicted molar refractivity (Wildman–Crippen MR) is 71.3 cm³/mol. The first-order valence-corrected chi connectivity index (χ1v) is 5.88. The smallest absolute Gasteiger partial charge is 0.162 e. The molecule has 1 nitrogen and oxygen atoms in total. The molecular formula is C16H15FO. The number of hydrogen-bond acceptors (Lipinski definition) is 1. The van der Waals surface area contributed by atoms with Crippen molar-refractivity contribution in [3.05, 3.63) is 58.9 Å². The largest absolute Gasteiger partial charge is 0.294 e. The highest BCUT2D eigenvalue weighted by Gasteiger charge is 2.10. The Morgan fingerprint density at radius 1 is 1.11 bits per heavy atom. The Hall–Kier alpha value is -1.96. The van der Waals surface area contributed by atoms with Gasteiger partial charge in [-0.3, -0.25) is 4.79 Å². The number of ketones is 1. The molecule has 0 bridgehead atoms. The molecule has 0 fully saturated rings. The summed E-state index contributed by atoms with van der Waals surface area (Å²) < 4.78 is 13.5. The second-order valence-corrected chi connectivity index (χ2v) is 4.50. The van der Waals surface area contributed by atoms with E-state index >= 15 is 0 Å². The molecule has 2 aromatic carbocycles. The van der Waals surface area contributed by atoms with Crippen molar-refractivity contribution < 1.29 is 9.18 Å². The molecular weight excluding hydrogens is 227 g/mol. The normalized spacial score (nSPS) is 10.4. The summed E-state index contributed by atoms with van der Waals surface area (Å²) in [7, 11) is 0. The second-order valence-electron chi connectivity index (χ2n) is 4.50. The van der Waals surface area contributed by atoms with Gasteiger partial charge in [0, 0.05) is 0 Å². The Morgan fingerprint density at radius 3 is 2.50 bits per heavy atom. The highest BCUT2D eigenvalue weighted by atomic mass is 19.1. The van der Waals surface area contributed by atoms with Crippen LogP contribution >= 0.6 is 0 Å². The molecule has 2 heteroatoms. The van der Waals surface area contributed by atoms with E-state index in [1.165, 1.54) is 18.6 Å². The van der Waals surface area contributed by atoms with Crippen LogP contribution in [0.25, 0.3) is 11.1 Å². The van der Waals surface area contributed by atoms with Crippen LogP contribution in [0.5, 0.6) is 0 Å². The van der Waals surface area contributed by atoms with Crippen LogP contribution in [0.2, 0.25) is 0 Å². The van der Waals surface area contributed by atoms with E-state index in [-0.39, 0.29) is 11.3 Å². The summed E-state index contributed by atoms with van der Waals surface area (Å²) in [4.78, 5) is 11.4. The number of rotatable bonds is 2. The number of halogens is 1. The number of hydrogen-bond donors (Lipinski definition) is 0. The number of benzene rings is 2. The zero-order chi connectivity index (χ0) is 13.3. The summed E-state index contributed by atoms with van der Waals surface area (Å²) >= 11 is 0. The van der Waals surface area contributed by atoms with E-state index in [4.69, 9.17) is 0 Å². The van der Waals surface area contributed by atoms with E-state index in [0.29, 0.717) is 0 Å². The van der Waals surface area contributed by atoms with Gasteiger partial charge in [-0.15, -0.1) is 0 Å². The van der Waals surface area contributed by atoms with Gasteiger partial charge < -0.3 is 0 Å². The quantitative estimate of drug-likeness (QED) is 0.717. The molecule has 0 unspecified atom stereocenters. The number of aryl methyl sites for hydroxylation is 1. The molecule has 2 rings (SSSR count). The van der Waals surface area contributed by atoms with E-state index in [9.17, 15) is 9.18 Å². The Balaban J connectivity index is 2.62. The summed E-state index contributed by atoms with van der Waals surface area (Å²) in [5.41, 5.74) is 4.40. The van der Waals surface area contributed by atoms with Gasteiger partial charge in [-0.05, 0) is 55.2 Å². The average molecular weight is 242 g/mol. The Labute approximate surface area is 106 Å². The molecule has 0 N–H and O–H groups in total. The molecule has 0 atom stereocenters. The van der Waals surface area contributed by atoms with E-state index in [1.54, 1.807) is 12.1 Å². The first-order valence-electron chi connectivity index (χ1n) is 5.88. The van der Waals surface area contributed by atoms with Crippen molar-refractivity contribution in [2.45, 2.75) is 20.8 Å². The Morgan fingerprint density at radius 2 is 1.83 bits per heavy atom. The topological polar surface area (TPSA) is 17.1 Å². The van der Waals surface area contributed by atoms with Crippen molar-refractivity contribution in [2.24, 2.45) is 0 Å². The minimum absolute atomic E-state index is 0.147. The zero-order valence-corrected chi connectivity index (χ0v) is 10.8. The van der Waals surface area contributed by atoms with Crippen LogP contribution in [0, 0.1) is 19.7 Å². The second kappa shape index (κ2) is 4.73. The third-order valence-corrected chi connectivity index (χ3v) is 3.26. The van der Waals surface area contributed by atoms with Gasteiger partial charge in [0.05, 0.1) is 5.56 Å². The molecule has 0 spiro atoms. The highest BCUT2D eigenvalue weighted by Crippen LogP contribution is 2.27. The van der Waals surface area contributed by atoms with Crippen molar-refractivity contribution >= 4 is 5.78 Å². The molecule has 0 aliphatic heterocycles. The minimum atomic E-state index is -0.462. The third kappa shape index (κ3) is 2.19. The average Bonchev–Trinajstić information content (AvgIpc) is 2.33. The Kier molecular flexibility index (Phi) is 3.28. The van der Waals surface area contributed by atoms with Gasteiger partial charge in [-0.25, -0.2) is 4.39 Å². The van der Waals surface area contributed by atoms with E-state index < -0.39 is 5.82 Å². The first-order chi connectivity index (χ1) is 8.50. The summed E-state index contributed by atoms with van der Waals surface area (Å²) in [6.45, 7) is 5.45. The fraction of sp³-hybridized carbons (Fsp3) is 0.188. The van der Waals surface area contributed by atoms with Gasteiger partial charge in [0.2, 0.25) is 0 Å². The van der Waals surface area contributed by atoms with Crippen LogP contribution in [-0.2, 0) is 0 Å². The molecule has 0 amide bonds.